The predicted molar refractivity (Wildman–Crippen MR) is 55.8 cm³/mol. The minimum Gasteiger partial charge on any atom is -0.391 e. The normalized spacial score (nSPS) is 15.0. The maximum absolute atomic E-state index is 9.07. The molecule has 0 aliphatic rings. The standard InChI is InChI=1S/C11H24O2/c1-9(2)6-7-11(4,5)13-8-10(3)12/h9-10,12H,6-8H2,1-5H3. The molecule has 0 aliphatic carbocycles. The van der Waals surface area contributed by atoms with Gasteiger partial charge in [-0.3, -0.25) is 0 Å². The van der Waals surface area contributed by atoms with Crippen LogP contribution in [0.1, 0.15) is 47.5 Å². The second-order valence-electron chi connectivity index (χ2n) is 4.85. The highest BCUT2D eigenvalue weighted by Crippen LogP contribution is 2.19. The van der Waals surface area contributed by atoms with E-state index < -0.39 is 0 Å². The average molecular weight is 188 g/mol. The van der Waals surface area contributed by atoms with Gasteiger partial charge in [-0.15, -0.1) is 0 Å². The van der Waals surface area contributed by atoms with Crippen molar-refractivity contribution in [1.82, 2.24) is 0 Å². The quantitative estimate of drug-likeness (QED) is 0.694. The zero-order chi connectivity index (χ0) is 10.5. The molecular formula is C11H24O2. The Labute approximate surface area is 82.3 Å². The van der Waals surface area contributed by atoms with E-state index in [1.807, 2.05) is 0 Å². The third kappa shape index (κ3) is 8.26. The van der Waals surface area contributed by atoms with Gasteiger partial charge in [-0.25, -0.2) is 0 Å². The Kier molecular flexibility index (Phi) is 5.57. The molecule has 80 valence electrons. The molecule has 0 radical (unpaired) electrons. The summed E-state index contributed by atoms with van der Waals surface area (Å²) < 4.78 is 5.59. The molecule has 1 unspecified atom stereocenters. The molecule has 0 aromatic heterocycles. The van der Waals surface area contributed by atoms with Crippen molar-refractivity contribution < 1.29 is 9.84 Å². The number of hydrogen-bond donors (Lipinski definition) is 1. The third-order valence-corrected chi connectivity index (χ3v) is 2.04. The van der Waals surface area contributed by atoms with E-state index in [0.29, 0.717) is 6.61 Å². The predicted octanol–water partition coefficient (Wildman–Crippen LogP) is 2.60. The SMILES string of the molecule is CC(C)CCC(C)(C)OCC(C)O. The van der Waals surface area contributed by atoms with Gasteiger partial charge in [0.25, 0.3) is 0 Å². The summed E-state index contributed by atoms with van der Waals surface area (Å²) in [4.78, 5) is 0. The Hall–Kier alpha value is -0.0800. The van der Waals surface area contributed by atoms with E-state index in [0.717, 1.165) is 12.3 Å². The summed E-state index contributed by atoms with van der Waals surface area (Å²) in [6, 6.07) is 0. The van der Waals surface area contributed by atoms with Gasteiger partial charge >= 0.3 is 0 Å². The van der Waals surface area contributed by atoms with Gasteiger partial charge in [-0.2, -0.15) is 0 Å². The van der Waals surface area contributed by atoms with E-state index in [1.54, 1.807) is 6.92 Å². The molecule has 0 heterocycles. The van der Waals surface area contributed by atoms with Gasteiger partial charge in [-0.05, 0) is 39.5 Å². The molecule has 0 bridgehead atoms. The second-order valence-corrected chi connectivity index (χ2v) is 4.85. The molecule has 2 heteroatoms. The lowest BCUT2D eigenvalue weighted by Crippen LogP contribution is -2.28. The van der Waals surface area contributed by atoms with Crippen LogP contribution in [-0.4, -0.2) is 23.4 Å². The highest BCUT2D eigenvalue weighted by Gasteiger charge is 2.19. The third-order valence-electron chi connectivity index (χ3n) is 2.04. The Morgan fingerprint density at radius 1 is 1.23 bits per heavy atom. The van der Waals surface area contributed by atoms with Crippen molar-refractivity contribution in [1.29, 1.82) is 0 Å². The van der Waals surface area contributed by atoms with Gasteiger partial charge in [0, 0.05) is 0 Å². The molecule has 1 N–H and O–H groups in total. The first kappa shape index (κ1) is 12.9. The molecule has 0 fully saturated rings. The molecule has 0 aliphatic heterocycles. The van der Waals surface area contributed by atoms with Crippen LogP contribution < -0.4 is 0 Å². The Morgan fingerprint density at radius 2 is 1.77 bits per heavy atom. The molecule has 0 amide bonds. The molecule has 1 atom stereocenters. The molecule has 0 aromatic rings. The van der Waals surface area contributed by atoms with Gasteiger partial charge in [0.05, 0.1) is 18.3 Å². The van der Waals surface area contributed by atoms with E-state index in [2.05, 4.69) is 27.7 Å². The maximum Gasteiger partial charge on any atom is 0.0745 e. The monoisotopic (exact) mass is 188 g/mol. The van der Waals surface area contributed by atoms with Crippen molar-refractivity contribution in [3.05, 3.63) is 0 Å². The number of ether oxygens (including phenoxy) is 1. The van der Waals surface area contributed by atoms with Crippen LogP contribution in [0.3, 0.4) is 0 Å². The molecule has 0 aromatic carbocycles. The van der Waals surface area contributed by atoms with Crippen LogP contribution in [0, 0.1) is 5.92 Å². The summed E-state index contributed by atoms with van der Waals surface area (Å²) in [5, 5.41) is 9.07. The fourth-order valence-electron chi connectivity index (χ4n) is 1.05. The van der Waals surface area contributed by atoms with Gasteiger partial charge in [0.2, 0.25) is 0 Å². The first-order valence-electron chi connectivity index (χ1n) is 5.15. The van der Waals surface area contributed by atoms with Crippen LogP contribution >= 0.6 is 0 Å². The van der Waals surface area contributed by atoms with Crippen LogP contribution in [0.2, 0.25) is 0 Å². The van der Waals surface area contributed by atoms with Crippen LogP contribution in [0.15, 0.2) is 0 Å². The number of hydrogen-bond acceptors (Lipinski definition) is 2. The molecular weight excluding hydrogens is 164 g/mol. The lowest BCUT2D eigenvalue weighted by Gasteiger charge is -2.26. The summed E-state index contributed by atoms with van der Waals surface area (Å²) >= 11 is 0. The summed E-state index contributed by atoms with van der Waals surface area (Å²) in [7, 11) is 0. The van der Waals surface area contributed by atoms with Crippen LogP contribution in [-0.2, 0) is 4.74 Å². The van der Waals surface area contributed by atoms with Gasteiger partial charge in [0.15, 0.2) is 0 Å². The first-order valence-corrected chi connectivity index (χ1v) is 5.15. The van der Waals surface area contributed by atoms with Crippen molar-refractivity contribution in [2.75, 3.05) is 6.61 Å². The largest absolute Gasteiger partial charge is 0.391 e. The fraction of sp³-hybridized carbons (Fsp3) is 1.00. The van der Waals surface area contributed by atoms with Gasteiger partial charge in [0.1, 0.15) is 0 Å². The molecule has 2 nitrogen and oxygen atoms in total. The summed E-state index contributed by atoms with van der Waals surface area (Å²) in [5.74, 6) is 0.717. The van der Waals surface area contributed by atoms with Crippen LogP contribution in [0.5, 0.6) is 0 Å². The maximum atomic E-state index is 9.07. The van der Waals surface area contributed by atoms with Crippen molar-refractivity contribution in [3.63, 3.8) is 0 Å². The number of rotatable bonds is 6. The molecule has 13 heavy (non-hydrogen) atoms. The average Bonchev–Trinajstić information content (AvgIpc) is 1.98. The minimum absolute atomic E-state index is 0.0960. The highest BCUT2D eigenvalue weighted by molar-refractivity contribution is 4.69. The molecule has 0 spiro atoms. The first-order chi connectivity index (χ1) is 5.83. The van der Waals surface area contributed by atoms with Crippen molar-refractivity contribution in [3.8, 4) is 0 Å². The molecule has 0 rings (SSSR count). The Morgan fingerprint density at radius 3 is 2.15 bits per heavy atom. The molecule has 0 saturated heterocycles. The van der Waals surface area contributed by atoms with E-state index in [9.17, 15) is 0 Å². The topological polar surface area (TPSA) is 29.5 Å². The lowest BCUT2D eigenvalue weighted by molar-refractivity contribution is -0.0611. The lowest BCUT2D eigenvalue weighted by atomic mass is 9.97. The van der Waals surface area contributed by atoms with Crippen molar-refractivity contribution in [2.24, 2.45) is 5.92 Å². The fourth-order valence-corrected chi connectivity index (χ4v) is 1.05. The van der Waals surface area contributed by atoms with E-state index in [-0.39, 0.29) is 11.7 Å². The van der Waals surface area contributed by atoms with E-state index >= 15 is 0 Å². The zero-order valence-corrected chi connectivity index (χ0v) is 9.63. The Bertz CT molecular complexity index is 114. The smallest absolute Gasteiger partial charge is 0.0745 e. The van der Waals surface area contributed by atoms with Gasteiger partial charge in [-0.1, -0.05) is 13.8 Å². The van der Waals surface area contributed by atoms with E-state index in [1.165, 1.54) is 6.42 Å². The second kappa shape index (κ2) is 5.61. The van der Waals surface area contributed by atoms with E-state index in [4.69, 9.17) is 9.84 Å². The van der Waals surface area contributed by atoms with Crippen molar-refractivity contribution in [2.45, 2.75) is 59.2 Å². The van der Waals surface area contributed by atoms with Crippen molar-refractivity contribution >= 4 is 0 Å². The summed E-state index contributed by atoms with van der Waals surface area (Å²) in [6.07, 6.45) is 1.86. The number of aliphatic hydroxyl groups is 1. The van der Waals surface area contributed by atoms with Gasteiger partial charge < -0.3 is 9.84 Å². The zero-order valence-electron chi connectivity index (χ0n) is 9.63. The van der Waals surface area contributed by atoms with Crippen LogP contribution in [0.25, 0.3) is 0 Å². The summed E-state index contributed by atoms with van der Waals surface area (Å²) in [6.45, 7) is 10.8. The minimum atomic E-state index is -0.363. The number of aliphatic hydroxyl groups excluding tert-OH is 1. The Balaban J connectivity index is 3.66. The molecule has 0 saturated carbocycles. The van der Waals surface area contributed by atoms with Crippen LogP contribution in [0.4, 0.5) is 0 Å². The summed E-state index contributed by atoms with van der Waals surface area (Å²) in [5.41, 5.74) is -0.0960. The highest BCUT2D eigenvalue weighted by atomic mass is 16.5.